The third-order valence-corrected chi connectivity index (χ3v) is 8.47. The third kappa shape index (κ3) is 5.69. The molecule has 3 aliphatic rings. The topological polar surface area (TPSA) is 66.9 Å². The van der Waals surface area contributed by atoms with Crippen LogP contribution in [-0.2, 0) is 12.7 Å². The summed E-state index contributed by atoms with van der Waals surface area (Å²) in [5, 5.41) is 3.94. The predicted octanol–water partition coefficient (Wildman–Crippen LogP) is 6.74. The van der Waals surface area contributed by atoms with E-state index in [0.717, 1.165) is 48.3 Å². The van der Waals surface area contributed by atoms with Crippen molar-refractivity contribution < 1.29 is 27.4 Å². The molecule has 0 radical (unpaired) electrons. The summed E-state index contributed by atoms with van der Waals surface area (Å²) in [6.45, 7) is 3.85. The number of likely N-dealkylation sites (tertiary alicyclic amines) is 1. The SMILES string of the molecule is O=C(c1cc(NCc2ccc(C(F)(F)F)cc2)nc2ccc(-c3ccc4c(c3)OCO4)cc12)N1CC=C[C@H]1CN1CCCC1. The molecule has 1 N–H and O–H groups in total. The number of nitrogens with zero attached hydrogens (tertiary/aromatic N) is 3. The van der Waals surface area contributed by atoms with Gasteiger partial charge >= 0.3 is 6.18 Å². The molecule has 0 unspecified atom stereocenters. The van der Waals surface area contributed by atoms with E-state index in [1.54, 1.807) is 6.07 Å². The summed E-state index contributed by atoms with van der Waals surface area (Å²) in [7, 11) is 0. The van der Waals surface area contributed by atoms with E-state index in [4.69, 9.17) is 14.5 Å². The fraction of sp³-hybridized carbons (Fsp3) is 0.294. The molecule has 3 aliphatic heterocycles. The third-order valence-electron chi connectivity index (χ3n) is 8.47. The molecule has 4 aromatic rings. The highest BCUT2D eigenvalue weighted by Gasteiger charge is 2.31. The Morgan fingerprint density at radius 1 is 0.932 bits per heavy atom. The number of anilines is 1. The number of alkyl halides is 3. The lowest BCUT2D eigenvalue weighted by molar-refractivity contribution is -0.137. The number of halogens is 3. The quantitative estimate of drug-likeness (QED) is 0.237. The second-order valence-corrected chi connectivity index (χ2v) is 11.4. The van der Waals surface area contributed by atoms with Gasteiger partial charge < -0.3 is 24.6 Å². The van der Waals surface area contributed by atoms with Gasteiger partial charge in [0.15, 0.2) is 11.5 Å². The molecule has 0 bridgehead atoms. The molecule has 1 atom stereocenters. The van der Waals surface area contributed by atoms with Gasteiger partial charge in [0.25, 0.3) is 5.91 Å². The van der Waals surface area contributed by atoms with E-state index < -0.39 is 11.7 Å². The van der Waals surface area contributed by atoms with Gasteiger partial charge in [0.1, 0.15) is 5.82 Å². The summed E-state index contributed by atoms with van der Waals surface area (Å²) in [6, 6.07) is 18.3. The number of hydrogen-bond donors (Lipinski definition) is 1. The van der Waals surface area contributed by atoms with Crippen LogP contribution in [0.5, 0.6) is 11.5 Å². The van der Waals surface area contributed by atoms with E-state index in [0.29, 0.717) is 40.5 Å². The van der Waals surface area contributed by atoms with E-state index >= 15 is 0 Å². The highest BCUT2D eigenvalue weighted by Crippen LogP contribution is 2.37. The van der Waals surface area contributed by atoms with Crippen LogP contribution in [0.3, 0.4) is 0 Å². The van der Waals surface area contributed by atoms with E-state index in [1.165, 1.54) is 25.0 Å². The number of ether oxygens (including phenoxy) is 2. The fourth-order valence-corrected chi connectivity index (χ4v) is 6.10. The van der Waals surface area contributed by atoms with Crippen molar-refractivity contribution in [3.05, 3.63) is 95.6 Å². The Balaban J connectivity index is 1.22. The number of fused-ring (bicyclic) bond motifs is 2. The number of aromatic nitrogens is 1. The second kappa shape index (κ2) is 11.5. The number of carbonyl (C=O) groups excluding carboxylic acids is 1. The molecule has 4 heterocycles. The van der Waals surface area contributed by atoms with Gasteiger partial charge in [0, 0.05) is 25.0 Å². The maximum atomic E-state index is 14.3. The lowest BCUT2D eigenvalue weighted by Crippen LogP contribution is -2.43. The second-order valence-electron chi connectivity index (χ2n) is 11.4. The van der Waals surface area contributed by atoms with Crippen LogP contribution < -0.4 is 14.8 Å². The van der Waals surface area contributed by atoms with Crippen molar-refractivity contribution in [1.29, 1.82) is 0 Å². The molecule has 1 amide bonds. The zero-order valence-electron chi connectivity index (χ0n) is 23.9. The average Bonchev–Trinajstić information content (AvgIpc) is 3.81. The van der Waals surface area contributed by atoms with Gasteiger partial charge in [-0.2, -0.15) is 13.2 Å². The van der Waals surface area contributed by atoms with E-state index in [-0.39, 0.29) is 25.3 Å². The van der Waals surface area contributed by atoms with Gasteiger partial charge in [0.05, 0.1) is 22.7 Å². The fourth-order valence-electron chi connectivity index (χ4n) is 6.10. The van der Waals surface area contributed by atoms with Gasteiger partial charge in [-0.25, -0.2) is 4.98 Å². The Kier molecular flexibility index (Phi) is 7.37. The lowest BCUT2D eigenvalue weighted by atomic mass is 9.99. The van der Waals surface area contributed by atoms with Crippen LogP contribution in [0.1, 0.15) is 34.3 Å². The van der Waals surface area contributed by atoms with Crippen LogP contribution >= 0.6 is 0 Å². The normalized spacial score (nSPS) is 18.0. The molecular weight excluding hydrogens is 569 g/mol. The molecule has 0 spiro atoms. The molecule has 1 fully saturated rings. The van der Waals surface area contributed by atoms with Crippen molar-refractivity contribution in [3.63, 3.8) is 0 Å². The average molecular weight is 601 g/mol. The number of hydrogen-bond acceptors (Lipinski definition) is 6. The van der Waals surface area contributed by atoms with Gasteiger partial charge in [0.2, 0.25) is 6.79 Å². The van der Waals surface area contributed by atoms with Crippen molar-refractivity contribution >= 4 is 22.6 Å². The van der Waals surface area contributed by atoms with Crippen molar-refractivity contribution in [2.75, 3.05) is 38.3 Å². The van der Waals surface area contributed by atoms with Gasteiger partial charge in [-0.3, -0.25) is 4.79 Å². The zero-order chi connectivity index (χ0) is 30.3. The minimum atomic E-state index is -4.39. The first-order valence-corrected chi connectivity index (χ1v) is 14.8. The number of rotatable bonds is 7. The monoisotopic (exact) mass is 600 g/mol. The van der Waals surface area contributed by atoms with Crippen LogP contribution in [0.4, 0.5) is 19.0 Å². The maximum absolute atomic E-state index is 14.3. The van der Waals surface area contributed by atoms with E-state index in [2.05, 4.69) is 16.3 Å². The molecule has 44 heavy (non-hydrogen) atoms. The predicted molar refractivity (Wildman–Crippen MR) is 162 cm³/mol. The summed E-state index contributed by atoms with van der Waals surface area (Å²) < 4.78 is 50.1. The molecule has 1 saturated heterocycles. The number of nitrogens with one attached hydrogen (secondary N) is 1. The van der Waals surface area contributed by atoms with E-state index in [9.17, 15) is 18.0 Å². The minimum Gasteiger partial charge on any atom is -0.454 e. The highest BCUT2D eigenvalue weighted by molar-refractivity contribution is 6.08. The lowest BCUT2D eigenvalue weighted by Gasteiger charge is -2.29. The van der Waals surface area contributed by atoms with Crippen molar-refractivity contribution in [1.82, 2.24) is 14.8 Å². The van der Waals surface area contributed by atoms with Gasteiger partial charge in [-0.1, -0.05) is 36.4 Å². The molecule has 0 aliphatic carbocycles. The smallest absolute Gasteiger partial charge is 0.416 e. The number of carbonyl (C=O) groups is 1. The molecule has 10 heteroatoms. The summed E-state index contributed by atoms with van der Waals surface area (Å²) in [5.74, 6) is 1.75. The number of amides is 1. The Hall–Kier alpha value is -4.57. The summed E-state index contributed by atoms with van der Waals surface area (Å²) >= 11 is 0. The van der Waals surface area contributed by atoms with Crippen LogP contribution in [0, 0.1) is 0 Å². The first kappa shape index (κ1) is 28.2. The first-order valence-electron chi connectivity index (χ1n) is 14.8. The van der Waals surface area contributed by atoms with Crippen molar-refractivity contribution in [2.45, 2.75) is 31.6 Å². The molecular formula is C34H31F3N4O3. The first-order chi connectivity index (χ1) is 21.3. The molecule has 226 valence electrons. The Labute approximate surface area is 252 Å². The van der Waals surface area contributed by atoms with Crippen molar-refractivity contribution in [3.8, 4) is 22.6 Å². The Morgan fingerprint density at radius 3 is 2.48 bits per heavy atom. The van der Waals surface area contributed by atoms with Crippen LogP contribution in [0.25, 0.3) is 22.0 Å². The largest absolute Gasteiger partial charge is 0.454 e. The number of pyridine rings is 1. The molecule has 3 aromatic carbocycles. The summed E-state index contributed by atoms with van der Waals surface area (Å²) in [5.41, 5.74) is 2.96. The number of benzene rings is 3. The summed E-state index contributed by atoms with van der Waals surface area (Å²) in [4.78, 5) is 23.4. The Morgan fingerprint density at radius 2 is 1.68 bits per heavy atom. The van der Waals surface area contributed by atoms with Crippen LogP contribution in [-0.4, -0.2) is 59.7 Å². The van der Waals surface area contributed by atoms with Crippen LogP contribution in [0.15, 0.2) is 78.9 Å². The zero-order valence-corrected chi connectivity index (χ0v) is 23.9. The molecule has 7 rings (SSSR count). The molecule has 1 aromatic heterocycles. The van der Waals surface area contributed by atoms with E-state index in [1.807, 2.05) is 47.4 Å². The van der Waals surface area contributed by atoms with Crippen LogP contribution in [0.2, 0.25) is 0 Å². The highest BCUT2D eigenvalue weighted by atomic mass is 19.4. The minimum absolute atomic E-state index is 0.0237. The maximum Gasteiger partial charge on any atom is 0.416 e. The van der Waals surface area contributed by atoms with Gasteiger partial charge in [-0.05, 0) is 85.1 Å². The molecule has 7 nitrogen and oxygen atoms in total. The standard InChI is InChI=1S/C34H31F3N4O3/c35-34(36,37)25-9-5-22(6-10-25)19-38-32-18-28(33(42)41-15-3-4-26(41)20-40-13-1-2-14-40)27-16-23(7-11-29(27)39-32)24-8-12-30-31(17-24)44-21-43-30/h3-12,16-18,26H,1-2,13-15,19-21H2,(H,38,39)/t26-/m0/s1. The Bertz CT molecular complexity index is 1730. The summed E-state index contributed by atoms with van der Waals surface area (Å²) in [6.07, 6.45) is 2.12. The molecule has 0 saturated carbocycles. The van der Waals surface area contributed by atoms with Crippen molar-refractivity contribution in [2.24, 2.45) is 0 Å². The van der Waals surface area contributed by atoms with Gasteiger partial charge in [-0.15, -0.1) is 0 Å².